The molecule has 1 saturated heterocycles. The second-order valence-corrected chi connectivity index (χ2v) is 6.79. The van der Waals surface area contributed by atoms with Crippen LogP contribution in [0, 0.1) is 5.92 Å². The van der Waals surface area contributed by atoms with E-state index in [-0.39, 0.29) is 6.04 Å². The van der Waals surface area contributed by atoms with Gasteiger partial charge in [-0.25, -0.2) is 4.98 Å². The summed E-state index contributed by atoms with van der Waals surface area (Å²) in [5.41, 5.74) is 6.96. The summed E-state index contributed by atoms with van der Waals surface area (Å²) in [6, 6.07) is 0.222. The van der Waals surface area contributed by atoms with E-state index in [1.165, 1.54) is 41.5 Å². The number of nitrogens with zero attached hydrogens (tertiary/aromatic N) is 1. The van der Waals surface area contributed by atoms with Gasteiger partial charge in [0.05, 0.1) is 10.7 Å². The zero-order valence-corrected chi connectivity index (χ0v) is 11.4. The first-order valence-electron chi connectivity index (χ1n) is 6.00. The van der Waals surface area contributed by atoms with E-state index in [1.54, 1.807) is 0 Å². The van der Waals surface area contributed by atoms with Gasteiger partial charge in [0.25, 0.3) is 0 Å². The summed E-state index contributed by atoms with van der Waals surface area (Å²) < 4.78 is 0. The highest BCUT2D eigenvalue weighted by atomic mass is 32.2. The van der Waals surface area contributed by atoms with Crippen LogP contribution in [-0.4, -0.2) is 22.5 Å². The molecular formula is C12H20N2S2. The lowest BCUT2D eigenvalue weighted by atomic mass is 10.0. The Hall–Kier alpha value is -0.0600. The van der Waals surface area contributed by atoms with Crippen LogP contribution < -0.4 is 5.73 Å². The Balaban J connectivity index is 1.86. The van der Waals surface area contributed by atoms with Crippen molar-refractivity contribution in [3.8, 4) is 0 Å². The van der Waals surface area contributed by atoms with Crippen molar-refractivity contribution in [2.24, 2.45) is 11.7 Å². The topological polar surface area (TPSA) is 38.9 Å². The highest BCUT2D eigenvalue weighted by molar-refractivity contribution is 7.99. The minimum absolute atomic E-state index is 0.222. The summed E-state index contributed by atoms with van der Waals surface area (Å²) in [6.45, 7) is 2.04. The van der Waals surface area contributed by atoms with Crippen molar-refractivity contribution in [2.45, 2.75) is 38.6 Å². The van der Waals surface area contributed by atoms with Crippen LogP contribution in [0.15, 0.2) is 5.38 Å². The normalized spacial score (nSPS) is 23.2. The zero-order chi connectivity index (χ0) is 11.4. The van der Waals surface area contributed by atoms with Gasteiger partial charge in [0.2, 0.25) is 0 Å². The number of rotatable bonds is 4. The summed E-state index contributed by atoms with van der Waals surface area (Å²) in [5.74, 6) is 3.53. The molecule has 0 amide bonds. The van der Waals surface area contributed by atoms with Crippen molar-refractivity contribution in [3.05, 3.63) is 16.1 Å². The van der Waals surface area contributed by atoms with Gasteiger partial charge in [0.15, 0.2) is 0 Å². The second kappa shape index (κ2) is 6.03. The SMILES string of the molecule is CC(N)Cc1csc(CC2CCCSC2)n1. The lowest BCUT2D eigenvalue weighted by Crippen LogP contribution is -2.18. The van der Waals surface area contributed by atoms with E-state index in [2.05, 4.69) is 22.1 Å². The molecule has 2 nitrogen and oxygen atoms in total. The van der Waals surface area contributed by atoms with Gasteiger partial charge >= 0.3 is 0 Å². The molecule has 16 heavy (non-hydrogen) atoms. The average Bonchev–Trinajstić information content (AvgIpc) is 2.66. The van der Waals surface area contributed by atoms with Crippen molar-refractivity contribution in [1.29, 1.82) is 0 Å². The molecule has 2 N–H and O–H groups in total. The molecule has 0 saturated carbocycles. The fourth-order valence-corrected chi connectivity index (χ4v) is 4.16. The number of thiazole rings is 1. The molecule has 0 radical (unpaired) electrons. The lowest BCUT2D eigenvalue weighted by molar-refractivity contribution is 0.519. The molecule has 2 atom stereocenters. The van der Waals surface area contributed by atoms with Crippen molar-refractivity contribution < 1.29 is 0 Å². The number of aromatic nitrogens is 1. The first kappa shape index (κ1) is 12.4. The van der Waals surface area contributed by atoms with Gasteiger partial charge in [-0.05, 0) is 37.2 Å². The summed E-state index contributed by atoms with van der Waals surface area (Å²) in [6.07, 6.45) is 4.86. The monoisotopic (exact) mass is 256 g/mol. The Morgan fingerprint density at radius 3 is 3.19 bits per heavy atom. The molecule has 2 unspecified atom stereocenters. The van der Waals surface area contributed by atoms with Crippen LogP contribution in [0.5, 0.6) is 0 Å². The molecule has 0 bridgehead atoms. The minimum Gasteiger partial charge on any atom is -0.328 e. The number of nitrogens with two attached hydrogens (primary N) is 1. The van der Waals surface area contributed by atoms with Gasteiger partial charge in [-0.1, -0.05) is 0 Å². The molecule has 2 rings (SSSR count). The van der Waals surface area contributed by atoms with Crippen molar-refractivity contribution in [2.75, 3.05) is 11.5 Å². The van der Waals surface area contributed by atoms with Gasteiger partial charge in [-0.3, -0.25) is 0 Å². The maximum Gasteiger partial charge on any atom is 0.0931 e. The molecule has 1 aromatic heterocycles. The first-order valence-corrected chi connectivity index (χ1v) is 8.04. The third-order valence-corrected chi connectivity index (χ3v) is 5.05. The molecule has 0 aromatic carbocycles. The summed E-state index contributed by atoms with van der Waals surface area (Å²) in [7, 11) is 0. The van der Waals surface area contributed by atoms with E-state index in [4.69, 9.17) is 5.73 Å². The van der Waals surface area contributed by atoms with Crippen molar-refractivity contribution in [1.82, 2.24) is 4.98 Å². The van der Waals surface area contributed by atoms with Crippen LogP contribution in [0.4, 0.5) is 0 Å². The Morgan fingerprint density at radius 2 is 2.50 bits per heavy atom. The molecule has 1 aromatic rings. The molecule has 0 spiro atoms. The van der Waals surface area contributed by atoms with Gasteiger partial charge in [-0.15, -0.1) is 11.3 Å². The zero-order valence-electron chi connectivity index (χ0n) is 9.82. The van der Waals surface area contributed by atoms with Gasteiger partial charge in [0, 0.05) is 24.3 Å². The van der Waals surface area contributed by atoms with Crippen LogP contribution in [0.3, 0.4) is 0 Å². The molecule has 0 aliphatic carbocycles. The van der Waals surface area contributed by atoms with Crippen LogP contribution >= 0.6 is 23.1 Å². The fourth-order valence-electron chi connectivity index (χ4n) is 2.08. The van der Waals surface area contributed by atoms with Gasteiger partial charge in [-0.2, -0.15) is 11.8 Å². The molecule has 4 heteroatoms. The van der Waals surface area contributed by atoms with E-state index in [1.807, 2.05) is 18.3 Å². The summed E-state index contributed by atoms with van der Waals surface area (Å²) in [5, 5.41) is 3.48. The maximum absolute atomic E-state index is 5.78. The first-order chi connectivity index (χ1) is 7.74. The summed E-state index contributed by atoms with van der Waals surface area (Å²) in [4.78, 5) is 4.67. The van der Waals surface area contributed by atoms with E-state index < -0.39 is 0 Å². The lowest BCUT2D eigenvalue weighted by Gasteiger charge is -2.19. The highest BCUT2D eigenvalue weighted by Gasteiger charge is 2.16. The van der Waals surface area contributed by atoms with Crippen LogP contribution in [-0.2, 0) is 12.8 Å². The third-order valence-electron chi connectivity index (χ3n) is 2.85. The molecule has 90 valence electrons. The Bertz CT molecular complexity index is 317. The Labute approximate surface area is 106 Å². The number of hydrogen-bond acceptors (Lipinski definition) is 4. The van der Waals surface area contributed by atoms with E-state index >= 15 is 0 Å². The predicted molar refractivity (Wildman–Crippen MR) is 73.2 cm³/mol. The average molecular weight is 256 g/mol. The standard InChI is InChI=1S/C12H20N2S2/c1-9(13)5-11-8-16-12(14-11)6-10-3-2-4-15-7-10/h8-10H,2-7,13H2,1H3. The fraction of sp³-hybridized carbons (Fsp3) is 0.750. The largest absolute Gasteiger partial charge is 0.328 e. The van der Waals surface area contributed by atoms with Gasteiger partial charge in [0.1, 0.15) is 0 Å². The molecule has 1 aliphatic rings. The quantitative estimate of drug-likeness (QED) is 0.900. The van der Waals surface area contributed by atoms with Gasteiger partial charge < -0.3 is 5.73 Å². The third kappa shape index (κ3) is 3.75. The molecule has 1 fully saturated rings. The molecule has 2 heterocycles. The van der Waals surface area contributed by atoms with E-state index in [9.17, 15) is 0 Å². The number of hydrogen-bond donors (Lipinski definition) is 1. The van der Waals surface area contributed by atoms with Crippen molar-refractivity contribution in [3.63, 3.8) is 0 Å². The smallest absolute Gasteiger partial charge is 0.0931 e. The second-order valence-electron chi connectivity index (χ2n) is 4.70. The van der Waals surface area contributed by atoms with Crippen molar-refractivity contribution >= 4 is 23.1 Å². The molecular weight excluding hydrogens is 236 g/mol. The summed E-state index contributed by atoms with van der Waals surface area (Å²) >= 11 is 3.91. The van der Waals surface area contributed by atoms with Crippen LogP contribution in [0.2, 0.25) is 0 Å². The maximum atomic E-state index is 5.78. The Kier molecular flexibility index (Phi) is 4.67. The van der Waals surface area contributed by atoms with E-state index in [0.717, 1.165) is 12.3 Å². The van der Waals surface area contributed by atoms with E-state index in [0.29, 0.717) is 0 Å². The van der Waals surface area contributed by atoms with Crippen LogP contribution in [0.1, 0.15) is 30.5 Å². The molecule has 1 aliphatic heterocycles. The number of thioether (sulfide) groups is 1. The Morgan fingerprint density at radius 1 is 1.62 bits per heavy atom. The minimum atomic E-state index is 0.222. The predicted octanol–water partition coefficient (Wildman–Crippen LogP) is 2.72. The highest BCUT2D eigenvalue weighted by Crippen LogP contribution is 2.26. The van der Waals surface area contributed by atoms with Crippen LogP contribution in [0.25, 0.3) is 0 Å².